The second-order valence-electron chi connectivity index (χ2n) is 5.74. The summed E-state index contributed by atoms with van der Waals surface area (Å²) in [6.07, 6.45) is 3.07. The Kier molecular flexibility index (Phi) is 6.45. The van der Waals surface area contributed by atoms with Gasteiger partial charge in [0.05, 0.1) is 0 Å². The summed E-state index contributed by atoms with van der Waals surface area (Å²) in [7, 11) is 0. The van der Waals surface area contributed by atoms with Crippen molar-refractivity contribution < 1.29 is 0 Å². The smallest absolute Gasteiger partial charge is 0.133 e. The van der Waals surface area contributed by atoms with Crippen LogP contribution in [-0.2, 0) is 6.54 Å². The predicted octanol–water partition coefficient (Wildman–Crippen LogP) is 2.87. The molecule has 0 aromatic carbocycles. The molecule has 0 amide bonds. The van der Waals surface area contributed by atoms with E-state index >= 15 is 0 Å². The zero-order valence-electron chi connectivity index (χ0n) is 13.4. The summed E-state index contributed by atoms with van der Waals surface area (Å²) in [4.78, 5) is 9.66. The maximum absolute atomic E-state index is 4.69. The topological polar surface area (TPSA) is 31.4 Å². The maximum Gasteiger partial charge on any atom is 0.133 e. The molecule has 1 fully saturated rings. The van der Waals surface area contributed by atoms with Gasteiger partial charge in [0, 0.05) is 48.5 Å². The first kappa shape index (κ1) is 16.7. The van der Waals surface area contributed by atoms with Gasteiger partial charge in [0.2, 0.25) is 0 Å². The molecule has 2 heterocycles. The average Bonchev–Trinajstić information content (AvgIpc) is 2.47. The summed E-state index contributed by atoms with van der Waals surface area (Å²) in [5, 5.41) is 3.49. The molecule has 2 rings (SSSR count). The van der Waals surface area contributed by atoms with Crippen LogP contribution in [0.1, 0.15) is 32.8 Å². The Morgan fingerprint density at radius 1 is 1.38 bits per heavy atom. The van der Waals surface area contributed by atoms with Gasteiger partial charge in [-0.2, -0.15) is 0 Å². The Morgan fingerprint density at radius 3 is 2.86 bits per heavy atom. The van der Waals surface area contributed by atoms with E-state index in [1.54, 1.807) is 0 Å². The van der Waals surface area contributed by atoms with Crippen LogP contribution >= 0.6 is 15.9 Å². The highest BCUT2D eigenvalue weighted by Crippen LogP contribution is 2.24. The quantitative estimate of drug-likeness (QED) is 0.796. The summed E-state index contributed by atoms with van der Waals surface area (Å²) in [5.74, 6) is 1.14. The van der Waals surface area contributed by atoms with Crippen molar-refractivity contribution >= 4 is 21.7 Å². The van der Waals surface area contributed by atoms with E-state index in [9.17, 15) is 0 Å². The molecule has 1 N–H and O–H groups in total. The third-order valence-electron chi connectivity index (χ3n) is 4.12. The molecule has 0 radical (unpaired) electrons. The lowest BCUT2D eigenvalue weighted by molar-refractivity contribution is 0.199. The summed E-state index contributed by atoms with van der Waals surface area (Å²) < 4.78 is 1.06. The molecule has 1 aromatic heterocycles. The SMILES string of the molecule is CCCNCc1cc(Br)cnc1N1CCN(CC)C(C)C1. The van der Waals surface area contributed by atoms with Crippen LogP contribution in [0.4, 0.5) is 5.82 Å². The van der Waals surface area contributed by atoms with Gasteiger partial charge < -0.3 is 10.2 Å². The molecule has 1 unspecified atom stereocenters. The van der Waals surface area contributed by atoms with E-state index in [2.05, 4.69) is 62.9 Å². The summed E-state index contributed by atoms with van der Waals surface area (Å²) in [6.45, 7) is 13.1. The fourth-order valence-corrected chi connectivity index (χ4v) is 3.32. The highest BCUT2D eigenvalue weighted by atomic mass is 79.9. The van der Waals surface area contributed by atoms with Crippen molar-refractivity contribution in [2.45, 2.75) is 39.8 Å². The maximum atomic E-state index is 4.69. The van der Waals surface area contributed by atoms with Gasteiger partial charge in [-0.15, -0.1) is 0 Å². The number of anilines is 1. The predicted molar refractivity (Wildman–Crippen MR) is 92.9 cm³/mol. The molecule has 0 aliphatic carbocycles. The molecule has 1 aliphatic heterocycles. The number of pyridine rings is 1. The number of aromatic nitrogens is 1. The number of halogens is 1. The van der Waals surface area contributed by atoms with Crippen molar-refractivity contribution in [1.29, 1.82) is 0 Å². The van der Waals surface area contributed by atoms with Crippen LogP contribution in [0.25, 0.3) is 0 Å². The van der Waals surface area contributed by atoms with E-state index in [0.29, 0.717) is 6.04 Å². The zero-order chi connectivity index (χ0) is 15.2. The van der Waals surface area contributed by atoms with E-state index in [1.165, 1.54) is 5.56 Å². The van der Waals surface area contributed by atoms with Crippen molar-refractivity contribution in [3.63, 3.8) is 0 Å². The van der Waals surface area contributed by atoms with Gasteiger partial charge in [-0.3, -0.25) is 4.90 Å². The molecule has 0 saturated carbocycles. The lowest BCUT2D eigenvalue weighted by atomic mass is 10.1. The molecule has 1 saturated heterocycles. The number of likely N-dealkylation sites (N-methyl/N-ethyl adjacent to an activating group) is 1. The molecule has 1 atom stereocenters. The number of hydrogen-bond donors (Lipinski definition) is 1. The van der Waals surface area contributed by atoms with E-state index in [0.717, 1.165) is 56.0 Å². The normalized spacial score (nSPS) is 20.0. The third kappa shape index (κ3) is 4.41. The molecular formula is C16H27BrN4. The number of rotatable bonds is 6. The van der Waals surface area contributed by atoms with Crippen molar-refractivity contribution in [3.8, 4) is 0 Å². The molecule has 0 bridgehead atoms. The molecule has 5 heteroatoms. The number of nitrogens with zero attached hydrogens (tertiary/aromatic N) is 3. The van der Waals surface area contributed by atoms with Crippen LogP contribution < -0.4 is 10.2 Å². The highest BCUT2D eigenvalue weighted by Gasteiger charge is 2.24. The van der Waals surface area contributed by atoms with Crippen molar-refractivity contribution in [3.05, 3.63) is 22.3 Å². The van der Waals surface area contributed by atoms with Gasteiger partial charge in [0.25, 0.3) is 0 Å². The second-order valence-corrected chi connectivity index (χ2v) is 6.65. The average molecular weight is 355 g/mol. The minimum Gasteiger partial charge on any atom is -0.354 e. The highest BCUT2D eigenvalue weighted by molar-refractivity contribution is 9.10. The van der Waals surface area contributed by atoms with E-state index in [4.69, 9.17) is 0 Å². The molecule has 4 nitrogen and oxygen atoms in total. The first-order valence-electron chi connectivity index (χ1n) is 7.99. The molecular weight excluding hydrogens is 328 g/mol. The number of nitrogens with one attached hydrogen (secondary N) is 1. The van der Waals surface area contributed by atoms with Gasteiger partial charge in [-0.1, -0.05) is 13.8 Å². The van der Waals surface area contributed by atoms with Crippen LogP contribution in [0.15, 0.2) is 16.7 Å². The molecule has 21 heavy (non-hydrogen) atoms. The number of piperazine rings is 1. The first-order valence-corrected chi connectivity index (χ1v) is 8.79. The Balaban J connectivity index is 2.11. The number of hydrogen-bond acceptors (Lipinski definition) is 4. The minimum atomic E-state index is 0.589. The van der Waals surface area contributed by atoms with Gasteiger partial charge in [0.1, 0.15) is 5.82 Å². The Labute approximate surface area is 137 Å². The van der Waals surface area contributed by atoms with Crippen LogP contribution in [-0.4, -0.2) is 48.6 Å². The fourth-order valence-electron chi connectivity index (χ4n) is 2.95. The van der Waals surface area contributed by atoms with Crippen LogP contribution in [0.3, 0.4) is 0 Å². The fraction of sp³-hybridized carbons (Fsp3) is 0.688. The Morgan fingerprint density at radius 2 is 2.19 bits per heavy atom. The molecule has 118 valence electrons. The molecule has 0 spiro atoms. The van der Waals surface area contributed by atoms with Crippen molar-refractivity contribution in [1.82, 2.24) is 15.2 Å². The Hall–Kier alpha value is -0.650. The summed E-state index contributed by atoms with van der Waals surface area (Å²) in [5.41, 5.74) is 1.29. The molecule has 1 aliphatic rings. The largest absolute Gasteiger partial charge is 0.354 e. The van der Waals surface area contributed by atoms with Crippen molar-refractivity contribution in [2.24, 2.45) is 0 Å². The first-order chi connectivity index (χ1) is 10.2. The van der Waals surface area contributed by atoms with Crippen LogP contribution in [0.5, 0.6) is 0 Å². The Bertz CT molecular complexity index is 452. The third-order valence-corrected chi connectivity index (χ3v) is 4.56. The summed E-state index contributed by atoms with van der Waals surface area (Å²) in [6, 6.07) is 2.78. The molecule has 1 aromatic rings. The monoisotopic (exact) mass is 354 g/mol. The van der Waals surface area contributed by atoms with Crippen molar-refractivity contribution in [2.75, 3.05) is 37.6 Å². The standard InChI is InChI=1S/C16H27BrN4/c1-4-6-18-10-14-9-15(17)11-19-16(14)21-8-7-20(5-2)13(3)12-21/h9,11,13,18H,4-8,10,12H2,1-3H3. The van der Waals surface area contributed by atoms with Gasteiger partial charge >= 0.3 is 0 Å². The second kappa shape index (κ2) is 8.11. The minimum absolute atomic E-state index is 0.589. The lowest BCUT2D eigenvalue weighted by Crippen LogP contribution is -2.52. The van der Waals surface area contributed by atoms with Crippen LogP contribution in [0.2, 0.25) is 0 Å². The van der Waals surface area contributed by atoms with Gasteiger partial charge in [0.15, 0.2) is 0 Å². The lowest BCUT2D eigenvalue weighted by Gasteiger charge is -2.40. The zero-order valence-corrected chi connectivity index (χ0v) is 15.0. The van der Waals surface area contributed by atoms with Crippen LogP contribution in [0, 0.1) is 0 Å². The van der Waals surface area contributed by atoms with E-state index in [-0.39, 0.29) is 0 Å². The summed E-state index contributed by atoms with van der Waals surface area (Å²) >= 11 is 3.54. The van der Waals surface area contributed by atoms with Gasteiger partial charge in [-0.25, -0.2) is 4.98 Å². The van der Waals surface area contributed by atoms with E-state index < -0.39 is 0 Å². The van der Waals surface area contributed by atoms with E-state index in [1.807, 2.05) is 6.20 Å². The van der Waals surface area contributed by atoms with Gasteiger partial charge in [-0.05, 0) is 48.4 Å².